The fourth-order valence-electron chi connectivity index (χ4n) is 2.46. The van der Waals surface area contributed by atoms with Crippen molar-refractivity contribution < 1.29 is 9.72 Å². The van der Waals surface area contributed by atoms with Gasteiger partial charge in [0.2, 0.25) is 0 Å². The molecule has 0 saturated heterocycles. The first kappa shape index (κ1) is 13.1. The molecule has 0 unspecified atom stereocenters. The number of benzene rings is 2. The van der Waals surface area contributed by atoms with Gasteiger partial charge < -0.3 is 4.98 Å². The molecule has 0 radical (unpaired) electrons. The molecule has 3 rings (SSSR count). The molecule has 0 bridgehead atoms. The van der Waals surface area contributed by atoms with Gasteiger partial charge in [0.1, 0.15) is 0 Å². The second-order valence-electron chi connectivity index (χ2n) is 4.78. The SMILES string of the molecule is CC(=O)c1[nH]c2ccc([N+](=O)[O-])cc2c1-c1ccccc1. The van der Waals surface area contributed by atoms with Gasteiger partial charge in [-0.05, 0) is 11.6 Å². The normalized spacial score (nSPS) is 10.7. The summed E-state index contributed by atoms with van der Waals surface area (Å²) in [6.45, 7) is 1.48. The van der Waals surface area contributed by atoms with Gasteiger partial charge in [-0.1, -0.05) is 30.3 Å². The van der Waals surface area contributed by atoms with E-state index in [1.807, 2.05) is 30.3 Å². The quantitative estimate of drug-likeness (QED) is 0.448. The van der Waals surface area contributed by atoms with Gasteiger partial charge in [0, 0.05) is 35.5 Å². The molecular weight excluding hydrogens is 268 g/mol. The number of carbonyl (C=O) groups excluding carboxylic acids is 1. The zero-order chi connectivity index (χ0) is 15.0. The van der Waals surface area contributed by atoms with Crippen molar-refractivity contribution in [2.24, 2.45) is 0 Å². The van der Waals surface area contributed by atoms with Crippen LogP contribution in [0.5, 0.6) is 0 Å². The van der Waals surface area contributed by atoms with Crippen molar-refractivity contribution in [3.63, 3.8) is 0 Å². The van der Waals surface area contributed by atoms with E-state index in [0.29, 0.717) is 22.2 Å². The number of hydrogen-bond acceptors (Lipinski definition) is 3. The highest BCUT2D eigenvalue weighted by Gasteiger charge is 2.18. The van der Waals surface area contributed by atoms with E-state index in [2.05, 4.69) is 4.98 Å². The lowest BCUT2D eigenvalue weighted by Gasteiger charge is -2.02. The third-order valence-corrected chi connectivity index (χ3v) is 3.41. The minimum absolute atomic E-state index is 0.00813. The Balaban J connectivity index is 2.37. The topological polar surface area (TPSA) is 76.0 Å². The average molecular weight is 280 g/mol. The van der Waals surface area contributed by atoms with Crippen LogP contribution in [0.3, 0.4) is 0 Å². The highest BCUT2D eigenvalue weighted by atomic mass is 16.6. The largest absolute Gasteiger partial charge is 0.352 e. The van der Waals surface area contributed by atoms with Gasteiger partial charge in [-0.15, -0.1) is 0 Å². The molecular formula is C16H12N2O3. The van der Waals surface area contributed by atoms with E-state index in [9.17, 15) is 14.9 Å². The first-order valence-corrected chi connectivity index (χ1v) is 6.44. The Morgan fingerprint density at radius 3 is 2.48 bits per heavy atom. The van der Waals surface area contributed by atoms with E-state index in [0.717, 1.165) is 5.56 Å². The summed E-state index contributed by atoms with van der Waals surface area (Å²) in [7, 11) is 0. The molecule has 0 aliphatic carbocycles. The molecule has 0 fully saturated rings. The molecule has 1 heterocycles. The number of hydrogen-bond donors (Lipinski definition) is 1. The number of ketones is 1. The number of fused-ring (bicyclic) bond motifs is 1. The van der Waals surface area contributed by atoms with Gasteiger partial charge in [-0.2, -0.15) is 0 Å². The summed E-state index contributed by atoms with van der Waals surface area (Å²) >= 11 is 0. The lowest BCUT2D eigenvalue weighted by molar-refractivity contribution is -0.384. The summed E-state index contributed by atoms with van der Waals surface area (Å²) in [6.07, 6.45) is 0. The number of nitro benzene ring substituents is 1. The highest BCUT2D eigenvalue weighted by molar-refractivity contribution is 6.10. The summed E-state index contributed by atoms with van der Waals surface area (Å²) in [4.78, 5) is 25.4. The molecule has 0 aliphatic rings. The number of aromatic nitrogens is 1. The molecule has 5 nitrogen and oxygen atoms in total. The van der Waals surface area contributed by atoms with Crippen LogP contribution in [-0.4, -0.2) is 15.7 Å². The molecule has 0 spiro atoms. The Kier molecular flexibility index (Phi) is 3.02. The van der Waals surface area contributed by atoms with Crippen molar-refractivity contribution in [3.05, 3.63) is 64.3 Å². The molecule has 2 aromatic carbocycles. The number of non-ortho nitro benzene ring substituents is 1. The van der Waals surface area contributed by atoms with Gasteiger partial charge in [0.15, 0.2) is 5.78 Å². The predicted molar refractivity (Wildman–Crippen MR) is 80.4 cm³/mol. The second-order valence-corrected chi connectivity index (χ2v) is 4.78. The average Bonchev–Trinajstić information content (AvgIpc) is 2.86. The summed E-state index contributed by atoms with van der Waals surface area (Å²) in [6, 6.07) is 13.9. The molecule has 3 aromatic rings. The van der Waals surface area contributed by atoms with Crippen molar-refractivity contribution in [1.82, 2.24) is 4.98 Å². The number of nitro groups is 1. The summed E-state index contributed by atoms with van der Waals surface area (Å²) in [5.74, 6) is -0.104. The van der Waals surface area contributed by atoms with E-state index in [4.69, 9.17) is 0 Å². The van der Waals surface area contributed by atoms with Gasteiger partial charge >= 0.3 is 0 Å². The number of Topliss-reactive ketones (excluding diaryl/α,β-unsaturated/α-hetero) is 1. The number of H-pyrrole nitrogens is 1. The van der Waals surface area contributed by atoms with Crippen LogP contribution in [0.2, 0.25) is 0 Å². The molecule has 21 heavy (non-hydrogen) atoms. The first-order chi connectivity index (χ1) is 10.1. The summed E-state index contributed by atoms with van der Waals surface area (Å²) < 4.78 is 0. The zero-order valence-corrected chi connectivity index (χ0v) is 11.3. The maximum atomic E-state index is 11.9. The first-order valence-electron chi connectivity index (χ1n) is 6.44. The predicted octanol–water partition coefficient (Wildman–Crippen LogP) is 3.95. The van der Waals surface area contributed by atoms with Crippen LogP contribution < -0.4 is 0 Å². The molecule has 1 aromatic heterocycles. The number of nitrogens with one attached hydrogen (secondary N) is 1. The number of nitrogens with zero attached hydrogens (tertiary/aromatic N) is 1. The lowest BCUT2D eigenvalue weighted by Crippen LogP contribution is -1.94. The van der Waals surface area contributed by atoms with E-state index < -0.39 is 4.92 Å². The van der Waals surface area contributed by atoms with Gasteiger partial charge in [-0.25, -0.2) is 0 Å². The van der Waals surface area contributed by atoms with E-state index in [1.54, 1.807) is 6.07 Å². The van der Waals surface area contributed by atoms with Gasteiger partial charge in [0.05, 0.1) is 10.6 Å². The van der Waals surface area contributed by atoms with Crippen molar-refractivity contribution >= 4 is 22.4 Å². The Labute approximate surface area is 120 Å². The maximum Gasteiger partial charge on any atom is 0.270 e. The van der Waals surface area contributed by atoms with E-state index in [1.165, 1.54) is 19.1 Å². The standard InChI is InChI=1S/C16H12N2O3/c1-10(19)16-15(11-5-3-2-4-6-11)13-9-12(18(20)21)7-8-14(13)17-16/h2-9,17H,1H3. The number of aromatic amines is 1. The Bertz CT molecular complexity index is 851. The van der Waals surface area contributed by atoms with Crippen LogP contribution in [0.15, 0.2) is 48.5 Å². The van der Waals surface area contributed by atoms with Crippen molar-refractivity contribution in [2.75, 3.05) is 0 Å². The maximum absolute atomic E-state index is 11.9. The smallest absolute Gasteiger partial charge is 0.270 e. The van der Waals surface area contributed by atoms with Crippen LogP contribution in [0.25, 0.3) is 22.0 Å². The molecule has 0 amide bonds. The molecule has 104 valence electrons. The van der Waals surface area contributed by atoms with Crippen LogP contribution in [0.1, 0.15) is 17.4 Å². The fourth-order valence-corrected chi connectivity index (χ4v) is 2.46. The van der Waals surface area contributed by atoms with E-state index >= 15 is 0 Å². The minimum Gasteiger partial charge on any atom is -0.352 e. The second kappa shape index (κ2) is 4.86. The third-order valence-electron chi connectivity index (χ3n) is 3.41. The monoisotopic (exact) mass is 280 g/mol. The van der Waals surface area contributed by atoms with Crippen LogP contribution >= 0.6 is 0 Å². The van der Waals surface area contributed by atoms with Crippen LogP contribution in [0, 0.1) is 10.1 Å². The Hall–Kier alpha value is -2.95. The molecule has 0 atom stereocenters. The highest BCUT2D eigenvalue weighted by Crippen LogP contribution is 2.34. The molecule has 0 aliphatic heterocycles. The summed E-state index contributed by atoms with van der Waals surface area (Å²) in [5, 5.41) is 11.6. The zero-order valence-electron chi connectivity index (χ0n) is 11.3. The Morgan fingerprint density at radius 1 is 1.14 bits per heavy atom. The van der Waals surface area contributed by atoms with Crippen LogP contribution in [-0.2, 0) is 0 Å². The minimum atomic E-state index is -0.436. The van der Waals surface area contributed by atoms with Crippen molar-refractivity contribution in [3.8, 4) is 11.1 Å². The Morgan fingerprint density at radius 2 is 1.86 bits per heavy atom. The van der Waals surface area contributed by atoms with Gasteiger partial charge in [-0.3, -0.25) is 14.9 Å². The van der Waals surface area contributed by atoms with Gasteiger partial charge in [0.25, 0.3) is 5.69 Å². The molecule has 5 heteroatoms. The van der Waals surface area contributed by atoms with E-state index in [-0.39, 0.29) is 11.5 Å². The summed E-state index contributed by atoms with van der Waals surface area (Å²) in [5.41, 5.74) is 2.76. The van der Waals surface area contributed by atoms with Crippen LogP contribution in [0.4, 0.5) is 5.69 Å². The molecule has 0 saturated carbocycles. The lowest BCUT2D eigenvalue weighted by atomic mass is 10.0. The van der Waals surface area contributed by atoms with Crippen molar-refractivity contribution in [2.45, 2.75) is 6.92 Å². The van der Waals surface area contributed by atoms with Crippen molar-refractivity contribution in [1.29, 1.82) is 0 Å². The number of carbonyl (C=O) groups is 1. The fraction of sp³-hybridized carbons (Fsp3) is 0.0625. The number of rotatable bonds is 3. The third kappa shape index (κ3) is 2.18. The molecule has 1 N–H and O–H groups in total.